The first-order valence-electron chi connectivity index (χ1n) is 9.10. The van der Waals surface area contributed by atoms with E-state index in [9.17, 15) is 9.59 Å². The molecule has 0 radical (unpaired) electrons. The van der Waals surface area contributed by atoms with Gasteiger partial charge in [0.25, 0.3) is 0 Å². The third-order valence-electron chi connectivity index (χ3n) is 6.34. The van der Waals surface area contributed by atoms with Gasteiger partial charge in [-0.25, -0.2) is 0 Å². The number of nitrogens with one attached hydrogen (secondary N) is 1. The lowest BCUT2D eigenvalue weighted by Gasteiger charge is -2.41. The Labute approximate surface area is 148 Å². The standard InChI is InChI=1S/C21H25NO3/c1-10-7-11(2)16(12(3)8-10)19-20(23)17-13-5-6-14(18(17)21(19)24)15(9-13)22-25-4/h7-8,13,17-19,22H,5-6,9H2,1-4H3/t13-,17+,18-,19?/m1/s1. The lowest BCUT2D eigenvalue weighted by Crippen LogP contribution is -2.40. The van der Waals surface area contributed by atoms with E-state index in [1.54, 1.807) is 7.11 Å². The molecule has 1 aromatic rings. The summed E-state index contributed by atoms with van der Waals surface area (Å²) in [6.07, 6.45) is 2.72. The Hall–Kier alpha value is -1.94. The summed E-state index contributed by atoms with van der Waals surface area (Å²) in [5.74, 6) is -0.476. The van der Waals surface area contributed by atoms with Crippen molar-refractivity contribution in [2.75, 3.05) is 7.11 Å². The second-order valence-corrected chi connectivity index (χ2v) is 7.87. The van der Waals surface area contributed by atoms with Crippen LogP contribution in [0.4, 0.5) is 0 Å². The minimum absolute atomic E-state index is 0.0971. The van der Waals surface area contributed by atoms with E-state index in [2.05, 4.69) is 24.5 Å². The predicted molar refractivity (Wildman–Crippen MR) is 94.9 cm³/mol. The van der Waals surface area contributed by atoms with Gasteiger partial charge < -0.3 is 0 Å². The number of ketones is 2. The third-order valence-corrected chi connectivity index (χ3v) is 6.34. The van der Waals surface area contributed by atoms with Crippen LogP contribution in [0.3, 0.4) is 0 Å². The molecule has 1 unspecified atom stereocenters. The lowest BCUT2D eigenvalue weighted by molar-refractivity contribution is -0.125. The van der Waals surface area contributed by atoms with Gasteiger partial charge in [-0.15, -0.1) is 0 Å². The zero-order valence-electron chi connectivity index (χ0n) is 15.3. The lowest BCUT2D eigenvalue weighted by atomic mass is 9.64. The highest BCUT2D eigenvalue weighted by Gasteiger charge is 2.58. The molecule has 4 heteroatoms. The monoisotopic (exact) mass is 339 g/mol. The number of allylic oxidation sites excluding steroid dienone is 2. The molecule has 5 rings (SSSR count). The Morgan fingerprint density at radius 3 is 2.40 bits per heavy atom. The number of carbonyl (C=O) groups is 2. The number of aryl methyl sites for hydroxylation is 3. The van der Waals surface area contributed by atoms with E-state index in [-0.39, 0.29) is 29.3 Å². The average molecular weight is 339 g/mol. The number of Topliss-reactive ketones (excluding diaryl/α,β-unsaturated/α-hetero) is 2. The molecular weight excluding hydrogens is 314 g/mol. The number of hydrogen-bond acceptors (Lipinski definition) is 4. The molecule has 0 spiro atoms. The van der Waals surface area contributed by atoms with Crippen LogP contribution in [0, 0.1) is 38.5 Å². The number of hydroxylamine groups is 1. The molecule has 2 bridgehead atoms. The normalized spacial score (nSPS) is 30.9. The third kappa shape index (κ3) is 2.30. The molecule has 0 aromatic heterocycles. The topological polar surface area (TPSA) is 55.4 Å². The fraction of sp³-hybridized carbons (Fsp3) is 0.524. The minimum Gasteiger partial charge on any atom is -0.298 e. The summed E-state index contributed by atoms with van der Waals surface area (Å²) >= 11 is 0. The van der Waals surface area contributed by atoms with Crippen molar-refractivity contribution in [2.45, 2.75) is 46.0 Å². The van der Waals surface area contributed by atoms with Crippen molar-refractivity contribution in [2.24, 2.45) is 17.8 Å². The fourth-order valence-electron chi connectivity index (χ4n) is 5.54. The van der Waals surface area contributed by atoms with Crippen molar-refractivity contribution in [3.8, 4) is 0 Å². The number of hydrogen-bond donors (Lipinski definition) is 1. The molecule has 2 saturated carbocycles. The molecule has 0 aliphatic heterocycles. The first kappa shape index (κ1) is 16.5. The number of fused-ring (bicyclic) bond motifs is 2. The quantitative estimate of drug-likeness (QED) is 0.678. The summed E-state index contributed by atoms with van der Waals surface area (Å²) in [5, 5.41) is 0. The van der Waals surface area contributed by atoms with Gasteiger partial charge in [0.05, 0.1) is 13.0 Å². The van der Waals surface area contributed by atoms with Gasteiger partial charge in [0.2, 0.25) is 0 Å². The molecule has 25 heavy (non-hydrogen) atoms. The highest BCUT2D eigenvalue weighted by atomic mass is 16.6. The van der Waals surface area contributed by atoms with Crippen molar-refractivity contribution in [3.63, 3.8) is 0 Å². The van der Waals surface area contributed by atoms with Crippen LogP contribution >= 0.6 is 0 Å². The van der Waals surface area contributed by atoms with Crippen LogP contribution in [0.2, 0.25) is 0 Å². The van der Waals surface area contributed by atoms with Gasteiger partial charge in [-0.2, -0.15) is 0 Å². The first-order valence-corrected chi connectivity index (χ1v) is 9.10. The molecule has 0 saturated heterocycles. The Morgan fingerprint density at radius 2 is 1.76 bits per heavy atom. The van der Waals surface area contributed by atoms with Gasteiger partial charge in [0.15, 0.2) is 11.6 Å². The summed E-state index contributed by atoms with van der Waals surface area (Å²) in [4.78, 5) is 31.8. The Bertz CT molecular complexity index is 784. The van der Waals surface area contributed by atoms with E-state index < -0.39 is 5.92 Å². The number of benzene rings is 1. The van der Waals surface area contributed by atoms with Gasteiger partial charge in [-0.1, -0.05) is 17.7 Å². The SMILES string of the molecule is CONC1=C2CC[C@H](C1)[C@@H]1C(=O)C(c3c(C)cc(C)cc3C)C(=O)[C@H]21. The van der Waals surface area contributed by atoms with Crippen molar-refractivity contribution in [1.29, 1.82) is 0 Å². The predicted octanol–water partition coefficient (Wildman–Crippen LogP) is 3.30. The minimum atomic E-state index is -0.590. The molecule has 132 valence electrons. The second kappa shape index (κ2) is 5.80. The Morgan fingerprint density at radius 1 is 1.08 bits per heavy atom. The number of carbonyl (C=O) groups excluding carboxylic acids is 2. The van der Waals surface area contributed by atoms with Crippen molar-refractivity contribution < 1.29 is 14.4 Å². The van der Waals surface area contributed by atoms with Crippen molar-refractivity contribution in [3.05, 3.63) is 45.7 Å². The summed E-state index contributed by atoms with van der Waals surface area (Å²) in [6, 6.07) is 4.16. The maximum absolute atomic E-state index is 13.4. The molecular formula is C21H25NO3. The highest BCUT2D eigenvalue weighted by Crippen LogP contribution is 2.55. The fourth-order valence-corrected chi connectivity index (χ4v) is 5.54. The Kier molecular flexibility index (Phi) is 3.84. The van der Waals surface area contributed by atoms with E-state index in [0.717, 1.165) is 47.2 Å². The van der Waals surface area contributed by atoms with Crippen LogP contribution < -0.4 is 5.48 Å². The zero-order chi connectivity index (χ0) is 17.9. The van der Waals surface area contributed by atoms with Gasteiger partial charge in [-0.05, 0) is 68.2 Å². The molecule has 1 aromatic carbocycles. The van der Waals surface area contributed by atoms with Crippen molar-refractivity contribution in [1.82, 2.24) is 5.48 Å². The van der Waals surface area contributed by atoms with E-state index >= 15 is 0 Å². The van der Waals surface area contributed by atoms with E-state index in [1.807, 2.05) is 13.8 Å². The highest BCUT2D eigenvalue weighted by molar-refractivity contribution is 6.17. The van der Waals surface area contributed by atoms with Crippen LogP contribution in [0.1, 0.15) is 47.4 Å². The van der Waals surface area contributed by atoms with Crippen LogP contribution in [0.5, 0.6) is 0 Å². The average Bonchev–Trinajstić information content (AvgIpc) is 2.82. The summed E-state index contributed by atoms with van der Waals surface area (Å²) in [6.45, 7) is 6.09. The van der Waals surface area contributed by atoms with Gasteiger partial charge >= 0.3 is 0 Å². The van der Waals surface area contributed by atoms with Crippen LogP contribution in [0.15, 0.2) is 23.4 Å². The van der Waals surface area contributed by atoms with Crippen LogP contribution in [-0.2, 0) is 14.4 Å². The molecule has 1 N–H and O–H groups in total. The molecule has 4 nitrogen and oxygen atoms in total. The second-order valence-electron chi connectivity index (χ2n) is 7.87. The van der Waals surface area contributed by atoms with E-state index in [0.29, 0.717) is 0 Å². The maximum atomic E-state index is 13.4. The molecule has 0 heterocycles. The summed E-state index contributed by atoms with van der Waals surface area (Å²) in [7, 11) is 1.59. The maximum Gasteiger partial charge on any atom is 0.155 e. The van der Waals surface area contributed by atoms with Gasteiger partial charge in [0, 0.05) is 11.6 Å². The van der Waals surface area contributed by atoms with Crippen LogP contribution in [0.25, 0.3) is 0 Å². The smallest absolute Gasteiger partial charge is 0.155 e. The van der Waals surface area contributed by atoms with Gasteiger partial charge in [-0.3, -0.25) is 19.9 Å². The zero-order valence-corrected chi connectivity index (χ0v) is 15.3. The number of rotatable bonds is 3. The Balaban J connectivity index is 1.80. The summed E-state index contributed by atoms with van der Waals surface area (Å²) in [5.41, 5.74) is 9.32. The molecule has 4 aliphatic carbocycles. The van der Waals surface area contributed by atoms with Gasteiger partial charge in [0.1, 0.15) is 5.92 Å². The van der Waals surface area contributed by atoms with E-state index in [1.165, 1.54) is 5.56 Å². The van der Waals surface area contributed by atoms with Crippen molar-refractivity contribution >= 4 is 11.6 Å². The largest absolute Gasteiger partial charge is 0.298 e. The van der Waals surface area contributed by atoms with E-state index in [4.69, 9.17) is 4.84 Å². The van der Waals surface area contributed by atoms with Crippen LogP contribution in [-0.4, -0.2) is 18.7 Å². The molecule has 4 aliphatic rings. The molecule has 0 amide bonds. The molecule has 4 atom stereocenters. The first-order chi connectivity index (χ1) is 11.9. The summed E-state index contributed by atoms with van der Waals surface area (Å²) < 4.78 is 0. The molecule has 2 fully saturated rings.